The third-order valence-electron chi connectivity index (χ3n) is 2.96. The van der Waals surface area contributed by atoms with Crippen LogP contribution in [0.1, 0.15) is 22.8 Å². The van der Waals surface area contributed by atoms with Gasteiger partial charge in [-0.25, -0.2) is 4.98 Å². The number of pyridine rings is 1. The van der Waals surface area contributed by atoms with E-state index < -0.39 is 17.6 Å². The zero-order chi connectivity index (χ0) is 18.6. The molecule has 2 heterocycles. The van der Waals surface area contributed by atoms with Crippen molar-refractivity contribution in [2.45, 2.75) is 18.1 Å². The highest BCUT2D eigenvalue weighted by molar-refractivity contribution is 7.99. The molecule has 0 aliphatic carbocycles. The molecule has 134 valence electrons. The monoisotopic (exact) mass is 391 g/mol. The first-order chi connectivity index (χ1) is 11.8. The van der Waals surface area contributed by atoms with Gasteiger partial charge < -0.3 is 10.6 Å². The number of alkyl halides is 3. The van der Waals surface area contributed by atoms with Gasteiger partial charge in [-0.05, 0) is 17.9 Å². The molecule has 0 unspecified atom stereocenters. The molecule has 0 spiro atoms. The van der Waals surface area contributed by atoms with Crippen molar-refractivity contribution in [2.24, 2.45) is 0 Å². The number of aromatic nitrogens is 3. The van der Waals surface area contributed by atoms with Crippen LogP contribution >= 0.6 is 23.4 Å². The third-order valence-corrected chi connectivity index (χ3v) is 4.00. The van der Waals surface area contributed by atoms with E-state index in [1.54, 1.807) is 0 Å². The van der Waals surface area contributed by atoms with Crippen LogP contribution in [0, 0.1) is 0 Å². The molecule has 6 nitrogen and oxygen atoms in total. The molecule has 2 aromatic rings. The van der Waals surface area contributed by atoms with Crippen molar-refractivity contribution >= 4 is 40.8 Å². The molecule has 1 amide bonds. The lowest BCUT2D eigenvalue weighted by Gasteiger charge is -2.14. The molecule has 0 atom stereocenters. The van der Waals surface area contributed by atoms with Crippen LogP contribution in [0.4, 0.5) is 24.7 Å². The van der Waals surface area contributed by atoms with Gasteiger partial charge in [-0.1, -0.05) is 18.5 Å². The van der Waals surface area contributed by atoms with Crippen LogP contribution in [-0.2, 0) is 6.18 Å². The summed E-state index contributed by atoms with van der Waals surface area (Å²) < 4.78 is 38.6. The molecule has 0 bridgehead atoms. The summed E-state index contributed by atoms with van der Waals surface area (Å²) in [7, 11) is 1.48. The normalized spacial score (nSPS) is 11.3. The first-order valence-electron chi connectivity index (χ1n) is 6.98. The van der Waals surface area contributed by atoms with Crippen LogP contribution in [0.5, 0.6) is 0 Å². The zero-order valence-electron chi connectivity index (χ0n) is 13.1. The number of nitrogens with zero attached hydrogens (tertiary/aromatic N) is 3. The number of rotatable bonds is 5. The maximum Gasteiger partial charge on any atom is 0.417 e. The Morgan fingerprint density at radius 1 is 1.32 bits per heavy atom. The number of halogens is 4. The molecule has 0 saturated heterocycles. The maximum atomic E-state index is 12.9. The van der Waals surface area contributed by atoms with Crippen molar-refractivity contribution in [3.8, 4) is 0 Å². The van der Waals surface area contributed by atoms with Gasteiger partial charge >= 0.3 is 6.18 Å². The second-order valence-corrected chi connectivity index (χ2v) is 6.28. The largest absolute Gasteiger partial charge is 0.417 e. The SMILES string of the molecule is CCSc1nnc(Cl)cc1C(=O)Nc1cc(C(F)(F)F)cnc1NC. The first kappa shape index (κ1) is 19.3. The zero-order valence-corrected chi connectivity index (χ0v) is 14.7. The molecule has 0 saturated carbocycles. The second-order valence-electron chi connectivity index (χ2n) is 4.64. The average molecular weight is 392 g/mol. The van der Waals surface area contributed by atoms with Gasteiger partial charge in [0.25, 0.3) is 5.91 Å². The Labute approximate surface area is 150 Å². The predicted octanol–water partition coefficient (Wildman–Crippen LogP) is 3.95. The van der Waals surface area contributed by atoms with E-state index in [2.05, 4.69) is 25.8 Å². The van der Waals surface area contributed by atoms with Crippen molar-refractivity contribution in [3.05, 3.63) is 34.6 Å². The van der Waals surface area contributed by atoms with Crippen molar-refractivity contribution in [1.82, 2.24) is 15.2 Å². The third kappa shape index (κ3) is 4.73. The van der Waals surface area contributed by atoms with Gasteiger partial charge in [-0.3, -0.25) is 4.79 Å². The van der Waals surface area contributed by atoms with Gasteiger partial charge in [-0.2, -0.15) is 13.2 Å². The number of carbonyl (C=O) groups is 1. The minimum atomic E-state index is -4.58. The fourth-order valence-electron chi connectivity index (χ4n) is 1.87. The van der Waals surface area contributed by atoms with E-state index in [9.17, 15) is 18.0 Å². The molecular formula is C14H13ClF3N5OS. The van der Waals surface area contributed by atoms with Crippen LogP contribution in [0.3, 0.4) is 0 Å². The van der Waals surface area contributed by atoms with Gasteiger partial charge in [-0.15, -0.1) is 22.0 Å². The van der Waals surface area contributed by atoms with Gasteiger partial charge in [0.05, 0.1) is 16.8 Å². The van der Waals surface area contributed by atoms with E-state index in [4.69, 9.17) is 11.6 Å². The fraction of sp³-hybridized carbons (Fsp3) is 0.286. The highest BCUT2D eigenvalue weighted by Gasteiger charge is 2.32. The van der Waals surface area contributed by atoms with Gasteiger partial charge in [0.15, 0.2) is 5.15 Å². The number of nitrogens with one attached hydrogen (secondary N) is 2. The lowest BCUT2D eigenvalue weighted by atomic mass is 10.2. The lowest BCUT2D eigenvalue weighted by molar-refractivity contribution is -0.137. The summed E-state index contributed by atoms with van der Waals surface area (Å²) in [6.07, 6.45) is -3.89. The Bertz CT molecular complexity index is 788. The van der Waals surface area contributed by atoms with E-state index >= 15 is 0 Å². The van der Waals surface area contributed by atoms with Crippen molar-refractivity contribution in [1.29, 1.82) is 0 Å². The Morgan fingerprint density at radius 3 is 2.64 bits per heavy atom. The summed E-state index contributed by atoms with van der Waals surface area (Å²) in [5.74, 6) is 0.0632. The maximum absolute atomic E-state index is 12.9. The van der Waals surface area contributed by atoms with Gasteiger partial charge in [0, 0.05) is 13.2 Å². The lowest BCUT2D eigenvalue weighted by Crippen LogP contribution is -2.17. The van der Waals surface area contributed by atoms with Crippen molar-refractivity contribution in [3.63, 3.8) is 0 Å². The number of hydrogen-bond donors (Lipinski definition) is 2. The van der Waals surface area contributed by atoms with Crippen molar-refractivity contribution < 1.29 is 18.0 Å². The first-order valence-corrected chi connectivity index (χ1v) is 8.35. The summed E-state index contributed by atoms with van der Waals surface area (Å²) in [6, 6.07) is 2.11. The molecule has 0 fully saturated rings. The Hall–Kier alpha value is -2.07. The standard InChI is InChI=1S/C14H13ClF3N5OS/c1-3-25-13-8(5-10(15)22-23-13)12(24)21-9-4-7(14(16,17)18)6-20-11(9)19-2/h4-6H,3H2,1-2H3,(H,19,20)(H,21,24). The van der Waals surface area contributed by atoms with Crippen LogP contribution in [0.2, 0.25) is 5.15 Å². The molecule has 25 heavy (non-hydrogen) atoms. The molecule has 2 N–H and O–H groups in total. The molecule has 2 rings (SSSR count). The fourth-order valence-corrected chi connectivity index (χ4v) is 2.69. The van der Waals surface area contributed by atoms with E-state index in [-0.39, 0.29) is 22.2 Å². The van der Waals surface area contributed by atoms with E-state index in [0.29, 0.717) is 17.0 Å². The minimum absolute atomic E-state index is 0.00149. The summed E-state index contributed by atoms with van der Waals surface area (Å²) in [4.78, 5) is 16.2. The number of thioether (sulfide) groups is 1. The molecule has 0 radical (unpaired) electrons. The topological polar surface area (TPSA) is 79.8 Å². The van der Waals surface area contributed by atoms with Crippen LogP contribution in [0.15, 0.2) is 23.4 Å². The molecule has 0 aliphatic rings. The highest BCUT2D eigenvalue weighted by atomic mass is 35.5. The number of hydrogen-bond acceptors (Lipinski definition) is 6. The molecule has 11 heteroatoms. The van der Waals surface area contributed by atoms with Crippen LogP contribution < -0.4 is 10.6 Å². The predicted molar refractivity (Wildman–Crippen MR) is 90.2 cm³/mol. The number of anilines is 2. The number of amides is 1. The Morgan fingerprint density at radius 2 is 2.04 bits per heavy atom. The van der Waals surface area contributed by atoms with E-state index in [1.165, 1.54) is 24.9 Å². The van der Waals surface area contributed by atoms with E-state index in [1.807, 2.05) is 6.92 Å². The van der Waals surface area contributed by atoms with Gasteiger partial charge in [0.1, 0.15) is 10.8 Å². The van der Waals surface area contributed by atoms with E-state index in [0.717, 1.165) is 6.07 Å². The molecule has 2 aromatic heterocycles. The minimum Gasteiger partial charge on any atom is -0.371 e. The summed E-state index contributed by atoms with van der Waals surface area (Å²) in [5.41, 5.74) is -0.968. The Balaban J connectivity index is 2.39. The quantitative estimate of drug-likeness (QED) is 0.751. The van der Waals surface area contributed by atoms with Gasteiger partial charge in [0.2, 0.25) is 0 Å². The number of carbonyl (C=O) groups excluding carboxylic acids is 1. The summed E-state index contributed by atoms with van der Waals surface area (Å²) in [6.45, 7) is 1.86. The highest BCUT2D eigenvalue weighted by Crippen LogP contribution is 2.33. The summed E-state index contributed by atoms with van der Waals surface area (Å²) in [5, 5.41) is 12.9. The molecule has 0 aliphatic heterocycles. The molecular weight excluding hydrogens is 379 g/mol. The van der Waals surface area contributed by atoms with Crippen molar-refractivity contribution in [2.75, 3.05) is 23.4 Å². The van der Waals surface area contributed by atoms with Crippen LogP contribution in [0.25, 0.3) is 0 Å². The second kappa shape index (κ2) is 7.87. The molecule has 0 aromatic carbocycles. The summed E-state index contributed by atoms with van der Waals surface area (Å²) >= 11 is 7.03. The Kier molecular flexibility index (Phi) is 6.07. The van der Waals surface area contributed by atoms with Crippen LogP contribution in [-0.4, -0.2) is 33.9 Å². The smallest absolute Gasteiger partial charge is 0.371 e. The average Bonchev–Trinajstić information content (AvgIpc) is 2.55.